The third-order valence-electron chi connectivity index (χ3n) is 3.92. The Morgan fingerprint density at radius 1 is 1.30 bits per heavy atom. The van der Waals surface area contributed by atoms with E-state index in [9.17, 15) is 10.2 Å². The maximum Gasteiger partial charge on any atom is 0.167 e. The summed E-state index contributed by atoms with van der Waals surface area (Å²) >= 11 is 1.72. The van der Waals surface area contributed by atoms with Crippen LogP contribution in [0.25, 0.3) is 11.2 Å². The Balaban J connectivity index is 1.76. The Morgan fingerprint density at radius 2 is 2.13 bits per heavy atom. The predicted molar refractivity (Wildman–Crippen MR) is 87.9 cm³/mol. The van der Waals surface area contributed by atoms with Crippen LogP contribution in [0, 0.1) is 0 Å². The SMILES string of the molecule is CCCCSC[C@H]1O[C@@H](n2cnc3c(N)ncnc32)[C@H](O)[C@@H]1O. The number of ether oxygens (including phenoxy) is 1. The van der Waals surface area contributed by atoms with E-state index in [-0.39, 0.29) is 5.82 Å². The van der Waals surface area contributed by atoms with Gasteiger partial charge in [0.05, 0.1) is 12.4 Å². The molecule has 0 aromatic carbocycles. The number of aliphatic hydroxyl groups is 2. The van der Waals surface area contributed by atoms with Gasteiger partial charge in [-0.05, 0) is 12.2 Å². The molecule has 3 heterocycles. The molecule has 0 aliphatic carbocycles. The monoisotopic (exact) mass is 339 g/mol. The number of fused-ring (bicyclic) bond motifs is 1. The molecule has 8 nitrogen and oxygen atoms in total. The molecule has 4 N–H and O–H groups in total. The second-order valence-electron chi connectivity index (χ2n) is 5.56. The summed E-state index contributed by atoms with van der Waals surface area (Å²) in [5, 5.41) is 20.6. The van der Waals surface area contributed by atoms with Gasteiger partial charge >= 0.3 is 0 Å². The fourth-order valence-electron chi connectivity index (χ4n) is 2.60. The van der Waals surface area contributed by atoms with Crippen LogP contribution in [0.15, 0.2) is 12.7 Å². The van der Waals surface area contributed by atoms with Gasteiger partial charge in [0.1, 0.15) is 24.1 Å². The molecule has 1 saturated heterocycles. The van der Waals surface area contributed by atoms with E-state index in [0.29, 0.717) is 16.9 Å². The quantitative estimate of drug-likeness (QED) is 0.653. The molecule has 2 aromatic heterocycles. The Morgan fingerprint density at radius 3 is 2.91 bits per heavy atom. The number of anilines is 1. The molecule has 1 fully saturated rings. The van der Waals surface area contributed by atoms with Gasteiger partial charge in [0, 0.05) is 5.75 Å². The number of aromatic nitrogens is 4. The topological polar surface area (TPSA) is 119 Å². The standard InChI is InChI=1S/C14H21N5O3S/c1-2-3-4-23-5-8-10(20)11(21)14(22-8)19-7-18-9-12(15)16-6-17-13(9)19/h6-8,10-11,14,20-21H,2-5H2,1H3,(H2,15,16,17)/t8-,10-,11-,14-/m1/s1. The zero-order valence-electron chi connectivity index (χ0n) is 12.9. The van der Waals surface area contributed by atoms with Crippen LogP contribution in [0.3, 0.4) is 0 Å². The summed E-state index contributed by atoms with van der Waals surface area (Å²) in [6.45, 7) is 2.14. The number of unbranched alkanes of at least 4 members (excludes halogenated alkanes) is 1. The summed E-state index contributed by atoms with van der Waals surface area (Å²) in [4.78, 5) is 12.2. The lowest BCUT2D eigenvalue weighted by Crippen LogP contribution is -2.32. The van der Waals surface area contributed by atoms with Crippen LogP contribution in [0.4, 0.5) is 5.82 Å². The normalized spacial score (nSPS) is 27.8. The molecule has 1 aliphatic heterocycles. The molecule has 0 unspecified atom stereocenters. The predicted octanol–water partition coefficient (Wildman–Crippen LogP) is 0.561. The van der Waals surface area contributed by atoms with E-state index in [1.807, 2.05) is 0 Å². The molecule has 1 aliphatic rings. The zero-order chi connectivity index (χ0) is 16.4. The van der Waals surface area contributed by atoms with E-state index in [4.69, 9.17) is 10.5 Å². The van der Waals surface area contributed by atoms with Crippen LogP contribution in [0.2, 0.25) is 0 Å². The van der Waals surface area contributed by atoms with Crippen LogP contribution in [0.5, 0.6) is 0 Å². The van der Waals surface area contributed by atoms with Crippen molar-refractivity contribution in [3.63, 3.8) is 0 Å². The maximum absolute atomic E-state index is 10.3. The smallest absolute Gasteiger partial charge is 0.167 e. The number of nitrogen functional groups attached to an aromatic ring is 1. The Labute approximate surface area is 138 Å². The van der Waals surface area contributed by atoms with Crippen molar-refractivity contribution in [2.75, 3.05) is 17.2 Å². The average Bonchev–Trinajstić information content (AvgIpc) is 3.09. The van der Waals surface area contributed by atoms with Crippen LogP contribution in [0.1, 0.15) is 26.0 Å². The number of thioether (sulfide) groups is 1. The maximum atomic E-state index is 10.3. The average molecular weight is 339 g/mol. The molecule has 4 atom stereocenters. The van der Waals surface area contributed by atoms with Crippen LogP contribution in [-0.4, -0.2) is 59.5 Å². The number of rotatable bonds is 6. The lowest BCUT2D eigenvalue weighted by molar-refractivity contribution is -0.0289. The molecule has 126 valence electrons. The number of nitrogens with zero attached hydrogens (tertiary/aromatic N) is 4. The van der Waals surface area contributed by atoms with Gasteiger partial charge in [-0.15, -0.1) is 0 Å². The van der Waals surface area contributed by atoms with Crippen molar-refractivity contribution in [1.29, 1.82) is 0 Å². The van der Waals surface area contributed by atoms with Gasteiger partial charge in [-0.2, -0.15) is 11.8 Å². The minimum Gasteiger partial charge on any atom is -0.387 e. The summed E-state index contributed by atoms with van der Waals surface area (Å²) in [5.41, 5.74) is 6.71. The highest BCUT2D eigenvalue weighted by atomic mass is 32.2. The molecular weight excluding hydrogens is 318 g/mol. The second-order valence-corrected chi connectivity index (χ2v) is 6.71. The molecule has 0 radical (unpaired) electrons. The largest absolute Gasteiger partial charge is 0.387 e. The first kappa shape index (κ1) is 16.4. The fourth-order valence-corrected chi connectivity index (χ4v) is 3.77. The first-order valence-corrected chi connectivity index (χ1v) is 8.81. The third kappa shape index (κ3) is 3.14. The van der Waals surface area contributed by atoms with E-state index < -0.39 is 24.5 Å². The van der Waals surface area contributed by atoms with Crippen molar-refractivity contribution in [3.8, 4) is 0 Å². The second kappa shape index (κ2) is 7.00. The molecule has 0 spiro atoms. The van der Waals surface area contributed by atoms with Gasteiger partial charge < -0.3 is 20.7 Å². The minimum atomic E-state index is -1.04. The first-order valence-electron chi connectivity index (χ1n) is 7.65. The van der Waals surface area contributed by atoms with E-state index in [1.165, 1.54) is 12.7 Å². The highest BCUT2D eigenvalue weighted by molar-refractivity contribution is 7.99. The molecule has 0 amide bonds. The van der Waals surface area contributed by atoms with Crippen molar-refractivity contribution < 1.29 is 14.9 Å². The van der Waals surface area contributed by atoms with Crippen LogP contribution >= 0.6 is 11.8 Å². The molecule has 2 aromatic rings. The van der Waals surface area contributed by atoms with E-state index in [1.54, 1.807) is 16.3 Å². The number of hydrogen-bond donors (Lipinski definition) is 3. The summed E-state index contributed by atoms with van der Waals surface area (Å²) in [6, 6.07) is 0. The molecule has 23 heavy (non-hydrogen) atoms. The van der Waals surface area contributed by atoms with Gasteiger partial charge in [0.15, 0.2) is 17.7 Å². The highest BCUT2D eigenvalue weighted by Crippen LogP contribution is 2.33. The minimum absolute atomic E-state index is 0.272. The lowest BCUT2D eigenvalue weighted by atomic mass is 10.1. The molecule has 0 saturated carbocycles. The number of nitrogens with two attached hydrogens (primary N) is 1. The number of imidazole rings is 1. The summed E-state index contributed by atoms with van der Waals surface area (Å²) in [5.74, 6) is 1.92. The van der Waals surface area contributed by atoms with Gasteiger partial charge in [-0.25, -0.2) is 15.0 Å². The van der Waals surface area contributed by atoms with Gasteiger partial charge in [-0.3, -0.25) is 4.57 Å². The Kier molecular flexibility index (Phi) is 5.00. The van der Waals surface area contributed by atoms with Crippen molar-refractivity contribution in [2.45, 2.75) is 44.3 Å². The zero-order valence-corrected chi connectivity index (χ0v) is 13.7. The fraction of sp³-hybridized carbons (Fsp3) is 0.643. The molecular formula is C14H21N5O3S. The van der Waals surface area contributed by atoms with Crippen LogP contribution in [-0.2, 0) is 4.74 Å². The van der Waals surface area contributed by atoms with Crippen molar-refractivity contribution in [1.82, 2.24) is 19.5 Å². The highest BCUT2D eigenvalue weighted by Gasteiger charge is 2.44. The van der Waals surface area contributed by atoms with Crippen molar-refractivity contribution >= 4 is 28.7 Å². The van der Waals surface area contributed by atoms with Gasteiger partial charge in [0.25, 0.3) is 0 Å². The Bertz CT molecular complexity index is 667. The van der Waals surface area contributed by atoms with E-state index in [0.717, 1.165) is 18.6 Å². The Hall–Kier alpha value is -1.42. The van der Waals surface area contributed by atoms with E-state index in [2.05, 4.69) is 21.9 Å². The number of hydrogen-bond acceptors (Lipinski definition) is 8. The number of aliphatic hydroxyl groups excluding tert-OH is 2. The summed E-state index contributed by atoms with van der Waals surface area (Å²) in [7, 11) is 0. The molecule has 0 bridgehead atoms. The lowest BCUT2D eigenvalue weighted by Gasteiger charge is -2.16. The summed E-state index contributed by atoms with van der Waals surface area (Å²) in [6.07, 6.45) is 1.96. The first-order chi connectivity index (χ1) is 11.1. The van der Waals surface area contributed by atoms with Crippen LogP contribution < -0.4 is 5.73 Å². The van der Waals surface area contributed by atoms with Gasteiger partial charge in [-0.1, -0.05) is 13.3 Å². The molecule has 3 rings (SSSR count). The van der Waals surface area contributed by atoms with Crippen molar-refractivity contribution in [2.24, 2.45) is 0 Å². The van der Waals surface area contributed by atoms with E-state index >= 15 is 0 Å². The summed E-state index contributed by atoms with van der Waals surface area (Å²) < 4.78 is 7.45. The molecule has 9 heteroatoms. The van der Waals surface area contributed by atoms with Gasteiger partial charge in [0.2, 0.25) is 0 Å². The van der Waals surface area contributed by atoms with Crippen molar-refractivity contribution in [3.05, 3.63) is 12.7 Å². The third-order valence-corrected chi connectivity index (χ3v) is 5.06.